The van der Waals surface area contributed by atoms with E-state index in [-0.39, 0.29) is 0 Å². The summed E-state index contributed by atoms with van der Waals surface area (Å²) in [5.41, 5.74) is 1.55. The van der Waals surface area contributed by atoms with Gasteiger partial charge in [0.05, 0.1) is 0 Å². The molecule has 16 heavy (non-hydrogen) atoms. The van der Waals surface area contributed by atoms with Gasteiger partial charge in [0.2, 0.25) is 0 Å². The summed E-state index contributed by atoms with van der Waals surface area (Å²) in [5, 5.41) is 0. The molecule has 0 bridgehead atoms. The lowest BCUT2D eigenvalue weighted by Crippen LogP contribution is -2.29. The fourth-order valence-corrected chi connectivity index (χ4v) is 3.12. The van der Waals surface area contributed by atoms with Crippen LogP contribution in [-0.2, 0) is 0 Å². The van der Waals surface area contributed by atoms with Gasteiger partial charge in [-0.3, -0.25) is 0 Å². The lowest BCUT2D eigenvalue weighted by molar-refractivity contribution is 0.256. The third kappa shape index (κ3) is 2.01. The second-order valence-electron chi connectivity index (χ2n) is 5.50. The second-order valence-corrected chi connectivity index (χ2v) is 5.50. The van der Waals surface area contributed by atoms with Crippen molar-refractivity contribution in [3.05, 3.63) is 35.9 Å². The van der Waals surface area contributed by atoms with Crippen molar-refractivity contribution in [1.29, 1.82) is 0 Å². The Labute approximate surface area is 98.5 Å². The third-order valence-electron chi connectivity index (χ3n) is 4.31. The molecule has 2 fully saturated rings. The minimum absolute atomic E-state index is 0.831. The first-order chi connectivity index (χ1) is 7.84. The minimum atomic E-state index is 0.831. The normalized spacial score (nSPS) is 34.2. The Morgan fingerprint density at radius 1 is 1.25 bits per heavy atom. The summed E-state index contributed by atoms with van der Waals surface area (Å²) in [7, 11) is 0. The van der Waals surface area contributed by atoms with Crippen molar-refractivity contribution in [2.45, 2.75) is 38.1 Å². The average molecular weight is 215 g/mol. The largest absolute Gasteiger partial charge is 0.300 e. The molecule has 1 aliphatic heterocycles. The SMILES string of the molecule is C[C@H]1CCCN1C[C@H]1C[C@@H]1c1ccccc1. The predicted octanol–water partition coefficient (Wildman–Crippen LogP) is 3.27. The van der Waals surface area contributed by atoms with Gasteiger partial charge < -0.3 is 4.90 Å². The van der Waals surface area contributed by atoms with Crippen LogP contribution >= 0.6 is 0 Å². The Hall–Kier alpha value is -0.820. The van der Waals surface area contributed by atoms with E-state index in [4.69, 9.17) is 0 Å². The molecule has 86 valence electrons. The summed E-state index contributed by atoms with van der Waals surface area (Å²) in [5.74, 6) is 1.79. The van der Waals surface area contributed by atoms with Crippen molar-refractivity contribution in [3.63, 3.8) is 0 Å². The van der Waals surface area contributed by atoms with Crippen molar-refractivity contribution >= 4 is 0 Å². The molecular weight excluding hydrogens is 194 g/mol. The molecule has 3 rings (SSSR count). The summed E-state index contributed by atoms with van der Waals surface area (Å²) < 4.78 is 0. The van der Waals surface area contributed by atoms with E-state index in [1.165, 1.54) is 32.4 Å². The summed E-state index contributed by atoms with van der Waals surface area (Å²) in [4.78, 5) is 2.69. The van der Waals surface area contributed by atoms with Gasteiger partial charge in [-0.25, -0.2) is 0 Å². The van der Waals surface area contributed by atoms with Crippen LogP contribution in [-0.4, -0.2) is 24.0 Å². The van der Waals surface area contributed by atoms with Crippen LogP contribution in [0.4, 0.5) is 0 Å². The molecule has 0 aromatic heterocycles. The highest BCUT2D eigenvalue weighted by Gasteiger charge is 2.40. The maximum atomic E-state index is 2.69. The van der Waals surface area contributed by atoms with Crippen LogP contribution in [0.1, 0.15) is 37.7 Å². The standard InChI is InChI=1S/C15H21N/c1-12-6-5-9-16(12)11-14-10-15(14)13-7-3-2-4-8-13/h2-4,7-8,12,14-15H,5-6,9-11H2,1H3/t12-,14+,15+/m0/s1. The number of benzene rings is 1. The molecule has 1 aliphatic carbocycles. The van der Waals surface area contributed by atoms with E-state index in [2.05, 4.69) is 42.2 Å². The molecule has 1 aromatic carbocycles. The lowest BCUT2D eigenvalue weighted by atomic mass is 10.1. The Balaban J connectivity index is 1.56. The van der Waals surface area contributed by atoms with Crippen molar-refractivity contribution in [3.8, 4) is 0 Å². The van der Waals surface area contributed by atoms with Crippen molar-refractivity contribution in [1.82, 2.24) is 4.90 Å². The maximum Gasteiger partial charge on any atom is 0.00675 e. The van der Waals surface area contributed by atoms with Crippen LogP contribution in [0.3, 0.4) is 0 Å². The highest BCUT2D eigenvalue weighted by molar-refractivity contribution is 5.25. The zero-order chi connectivity index (χ0) is 11.0. The van der Waals surface area contributed by atoms with E-state index >= 15 is 0 Å². The van der Waals surface area contributed by atoms with Crippen LogP contribution in [0.2, 0.25) is 0 Å². The molecule has 0 amide bonds. The third-order valence-corrected chi connectivity index (χ3v) is 4.31. The van der Waals surface area contributed by atoms with Crippen molar-refractivity contribution in [2.24, 2.45) is 5.92 Å². The molecule has 1 saturated heterocycles. The predicted molar refractivity (Wildman–Crippen MR) is 67.6 cm³/mol. The molecule has 1 heteroatoms. The molecule has 1 heterocycles. The molecule has 1 saturated carbocycles. The Kier molecular flexibility index (Phi) is 2.72. The molecule has 0 spiro atoms. The zero-order valence-corrected chi connectivity index (χ0v) is 10.1. The summed E-state index contributed by atoms with van der Waals surface area (Å²) >= 11 is 0. The van der Waals surface area contributed by atoms with Gasteiger partial charge in [-0.15, -0.1) is 0 Å². The Morgan fingerprint density at radius 2 is 2.06 bits per heavy atom. The number of rotatable bonds is 3. The van der Waals surface area contributed by atoms with Gasteiger partial charge in [-0.05, 0) is 50.1 Å². The first kappa shape index (κ1) is 10.3. The van der Waals surface area contributed by atoms with Gasteiger partial charge in [0, 0.05) is 12.6 Å². The van der Waals surface area contributed by atoms with E-state index in [1.807, 2.05) is 0 Å². The quantitative estimate of drug-likeness (QED) is 0.748. The fraction of sp³-hybridized carbons (Fsp3) is 0.600. The topological polar surface area (TPSA) is 3.24 Å². The van der Waals surface area contributed by atoms with Gasteiger partial charge in [0.25, 0.3) is 0 Å². The highest BCUT2D eigenvalue weighted by Crippen LogP contribution is 2.48. The Bertz CT molecular complexity index is 346. The van der Waals surface area contributed by atoms with E-state index in [1.54, 1.807) is 5.56 Å². The number of nitrogens with zero attached hydrogens (tertiary/aromatic N) is 1. The van der Waals surface area contributed by atoms with E-state index in [0.29, 0.717) is 0 Å². The van der Waals surface area contributed by atoms with E-state index in [0.717, 1.165) is 17.9 Å². The average Bonchev–Trinajstić information content (AvgIpc) is 2.97. The number of likely N-dealkylation sites (tertiary alicyclic amines) is 1. The summed E-state index contributed by atoms with van der Waals surface area (Å²) in [6.07, 6.45) is 4.22. The smallest absolute Gasteiger partial charge is 0.00675 e. The number of hydrogen-bond donors (Lipinski definition) is 0. The van der Waals surface area contributed by atoms with Crippen LogP contribution in [0, 0.1) is 5.92 Å². The van der Waals surface area contributed by atoms with Gasteiger partial charge >= 0.3 is 0 Å². The first-order valence-corrected chi connectivity index (χ1v) is 6.63. The molecule has 0 unspecified atom stereocenters. The molecule has 2 aliphatic rings. The van der Waals surface area contributed by atoms with Gasteiger partial charge in [0.15, 0.2) is 0 Å². The molecule has 1 nitrogen and oxygen atoms in total. The van der Waals surface area contributed by atoms with Crippen molar-refractivity contribution in [2.75, 3.05) is 13.1 Å². The highest BCUT2D eigenvalue weighted by atomic mass is 15.2. The Morgan fingerprint density at radius 3 is 2.75 bits per heavy atom. The number of hydrogen-bond acceptors (Lipinski definition) is 1. The monoisotopic (exact) mass is 215 g/mol. The minimum Gasteiger partial charge on any atom is -0.300 e. The molecular formula is C15H21N. The van der Waals surface area contributed by atoms with Gasteiger partial charge in [-0.2, -0.15) is 0 Å². The van der Waals surface area contributed by atoms with Crippen LogP contribution in [0.15, 0.2) is 30.3 Å². The summed E-state index contributed by atoms with van der Waals surface area (Å²) in [6, 6.07) is 11.9. The zero-order valence-electron chi connectivity index (χ0n) is 10.1. The molecule has 3 atom stereocenters. The van der Waals surface area contributed by atoms with Gasteiger partial charge in [-0.1, -0.05) is 30.3 Å². The lowest BCUT2D eigenvalue weighted by Gasteiger charge is -2.20. The van der Waals surface area contributed by atoms with E-state index < -0.39 is 0 Å². The maximum absolute atomic E-state index is 2.69. The van der Waals surface area contributed by atoms with Gasteiger partial charge in [0.1, 0.15) is 0 Å². The second kappa shape index (κ2) is 4.21. The molecule has 0 N–H and O–H groups in total. The molecule has 1 aromatic rings. The fourth-order valence-electron chi connectivity index (χ4n) is 3.12. The van der Waals surface area contributed by atoms with Crippen LogP contribution in [0.5, 0.6) is 0 Å². The van der Waals surface area contributed by atoms with Crippen molar-refractivity contribution < 1.29 is 0 Å². The summed E-state index contributed by atoms with van der Waals surface area (Å²) in [6.45, 7) is 5.05. The molecule has 0 radical (unpaired) electrons. The first-order valence-electron chi connectivity index (χ1n) is 6.63. The van der Waals surface area contributed by atoms with Crippen LogP contribution < -0.4 is 0 Å². The van der Waals surface area contributed by atoms with E-state index in [9.17, 15) is 0 Å². The van der Waals surface area contributed by atoms with Crippen LogP contribution in [0.25, 0.3) is 0 Å².